The fourth-order valence-corrected chi connectivity index (χ4v) is 5.01. The topological polar surface area (TPSA) is 75.7 Å². The molecule has 156 valence electrons. The summed E-state index contributed by atoms with van der Waals surface area (Å²) in [5.74, 6) is -0.267. The van der Waals surface area contributed by atoms with Crippen LogP contribution in [0.1, 0.15) is 21.5 Å². The summed E-state index contributed by atoms with van der Waals surface area (Å²) in [6.45, 7) is 2.05. The highest BCUT2D eigenvalue weighted by molar-refractivity contribution is 7.88. The number of nitrogens with one attached hydrogen (secondary N) is 1. The molecule has 1 amide bonds. The first-order valence-corrected chi connectivity index (χ1v) is 11.5. The average molecular weight is 425 g/mol. The zero-order chi connectivity index (χ0) is 21.0. The Hall–Kier alpha value is -2.74. The van der Waals surface area contributed by atoms with Crippen molar-refractivity contribution in [2.45, 2.75) is 12.3 Å². The molecule has 3 aromatic rings. The van der Waals surface area contributed by atoms with Crippen LogP contribution >= 0.6 is 0 Å². The summed E-state index contributed by atoms with van der Waals surface area (Å²) in [7, 11) is -3.38. The van der Waals surface area contributed by atoms with Crippen molar-refractivity contribution in [3.05, 3.63) is 83.4 Å². The number of carbonyl (C=O) groups is 1. The first-order valence-electron chi connectivity index (χ1n) is 9.92. The van der Waals surface area contributed by atoms with Gasteiger partial charge in [0, 0.05) is 25.2 Å². The number of sulfonamides is 1. The minimum Gasteiger partial charge on any atom is -0.379 e. The summed E-state index contributed by atoms with van der Waals surface area (Å²) in [5, 5.41) is 5.22. The third-order valence-corrected chi connectivity index (χ3v) is 7.05. The van der Waals surface area contributed by atoms with Crippen LogP contribution in [0.15, 0.2) is 66.7 Å². The fraction of sp³-hybridized carbons (Fsp3) is 0.261. The zero-order valence-corrected chi connectivity index (χ0v) is 17.4. The van der Waals surface area contributed by atoms with Gasteiger partial charge in [0.1, 0.15) is 0 Å². The molecule has 0 spiro atoms. The molecule has 1 fully saturated rings. The van der Waals surface area contributed by atoms with Gasteiger partial charge in [-0.05, 0) is 40.1 Å². The van der Waals surface area contributed by atoms with Crippen LogP contribution in [-0.4, -0.2) is 44.9 Å². The molecular weight excluding hydrogens is 400 g/mol. The molecule has 1 N–H and O–H groups in total. The second-order valence-electron chi connectivity index (χ2n) is 7.33. The second kappa shape index (κ2) is 8.95. The average Bonchev–Trinajstić information content (AvgIpc) is 2.78. The Labute approximate surface area is 176 Å². The number of carbonyl (C=O) groups excluding carboxylic acids is 1. The normalized spacial score (nSPS) is 15.2. The fourth-order valence-electron chi connectivity index (χ4n) is 3.51. The third-order valence-electron chi connectivity index (χ3n) is 5.20. The van der Waals surface area contributed by atoms with E-state index in [0.29, 0.717) is 44.0 Å². The van der Waals surface area contributed by atoms with Gasteiger partial charge in [0.2, 0.25) is 10.0 Å². The molecule has 3 aromatic carbocycles. The van der Waals surface area contributed by atoms with E-state index in [2.05, 4.69) is 17.4 Å². The van der Waals surface area contributed by atoms with E-state index in [1.54, 1.807) is 24.3 Å². The second-order valence-corrected chi connectivity index (χ2v) is 9.30. The molecule has 0 aromatic heterocycles. The highest BCUT2D eigenvalue weighted by Gasteiger charge is 2.24. The van der Waals surface area contributed by atoms with Gasteiger partial charge in [0.15, 0.2) is 0 Å². The molecular formula is C23H24N2O4S. The highest BCUT2D eigenvalue weighted by Crippen LogP contribution is 2.16. The molecule has 1 heterocycles. The van der Waals surface area contributed by atoms with E-state index in [1.807, 2.05) is 30.3 Å². The largest absolute Gasteiger partial charge is 0.379 e. The number of fused-ring (bicyclic) bond motifs is 1. The Morgan fingerprint density at radius 1 is 0.900 bits per heavy atom. The zero-order valence-electron chi connectivity index (χ0n) is 16.6. The van der Waals surface area contributed by atoms with Gasteiger partial charge in [0.25, 0.3) is 5.91 Å². The van der Waals surface area contributed by atoms with Gasteiger partial charge in [0.05, 0.1) is 19.0 Å². The minimum atomic E-state index is -3.38. The molecule has 0 radical (unpaired) electrons. The molecule has 0 atom stereocenters. The molecule has 1 aliphatic heterocycles. The summed E-state index contributed by atoms with van der Waals surface area (Å²) in [6, 6.07) is 20.9. The molecule has 0 aliphatic carbocycles. The van der Waals surface area contributed by atoms with Crippen LogP contribution in [0.4, 0.5) is 0 Å². The molecule has 30 heavy (non-hydrogen) atoms. The van der Waals surface area contributed by atoms with Crippen molar-refractivity contribution in [2.24, 2.45) is 0 Å². The Kier molecular flexibility index (Phi) is 6.13. The van der Waals surface area contributed by atoms with Gasteiger partial charge < -0.3 is 10.1 Å². The Balaban J connectivity index is 1.36. The number of benzene rings is 3. The maximum absolute atomic E-state index is 12.5. The lowest BCUT2D eigenvalue weighted by Crippen LogP contribution is -2.41. The summed E-state index contributed by atoms with van der Waals surface area (Å²) in [4.78, 5) is 12.5. The number of morpholine rings is 1. The van der Waals surface area contributed by atoms with Gasteiger partial charge in [-0.3, -0.25) is 4.79 Å². The predicted octanol–water partition coefficient (Wildman–Crippen LogP) is 2.93. The highest BCUT2D eigenvalue weighted by atomic mass is 32.2. The van der Waals surface area contributed by atoms with Gasteiger partial charge in [-0.1, -0.05) is 48.5 Å². The molecule has 7 heteroatoms. The monoisotopic (exact) mass is 424 g/mol. The lowest BCUT2D eigenvalue weighted by Gasteiger charge is -2.26. The smallest absolute Gasteiger partial charge is 0.251 e. The standard InChI is InChI=1S/C23H24N2O4S/c26-23(24-16-19-7-8-20-3-1-2-4-22(20)15-19)21-9-5-18(6-10-21)17-30(27,28)25-11-13-29-14-12-25/h1-10,15H,11-14,16-17H2,(H,24,26). The molecule has 0 unspecified atom stereocenters. The summed E-state index contributed by atoms with van der Waals surface area (Å²) in [5.41, 5.74) is 2.19. The molecule has 1 saturated heterocycles. The lowest BCUT2D eigenvalue weighted by atomic mass is 10.1. The SMILES string of the molecule is O=C(NCc1ccc2ccccc2c1)c1ccc(CS(=O)(=O)N2CCOCC2)cc1. The minimum absolute atomic E-state index is 0.0774. The van der Waals surface area contributed by atoms with Crippen molar-refractivity contribution in [1.82, 2.24) is 9.62 Å². The van der Waals surface area contributed by atoms with Crippen LogP contribution in [-0.2, 0) is 27.1 Å². The van der Waals surface area contributed by atoms with Gasteiger partial charge in [-0.25, -0.2) is 8.42 Å². The number of nitrogens with zero attached hydrogens (tertiary/aromatic N) is 1. The lowest BCUT2D eigenvalue weighted by molar-refractivity contribution is 0.0729. The Morgan fingerprint density at radius 2 is 1.57 bits per heavy atom. The van der Waals surface area contributed by atoms with Gasteiger partial charge in [-0.2, -0.15) is 4.31 Å². The van der Waals surface area contributed by atoms with E-state index in [-0.39, 0.29) is 11.7 Å². The van der Waals surface area contributed by atoms with Crippen LogP contribution in [0.3, 0.4) is 0 Å². The van der Waals surface area contributed by atoms with Crippen LogP contribution in [0.5, 0.6) is 0 Å². The van der Waals surface area contributed by atoms with Crippen molar-refractivity contribution >= 4 is 26.7 Å². The van der Waals surface area contributed by atoms with Gasteiger partial charge in [-0.15, -0.1) is 0 Å². The summed E-state index contributed by atoms with van der Waals surface area (Å²) < 4.78 is 31.7. The van der Waals surface area contributed by atoms with Crippen molar-refractivity contribution in [3.63, 3.8) is 0 Å². The van der Waals surface area contributed by atoms with Crippen LogP contribution < -0.4 is 5.32 Å². The van der Waals surface area contributed by atoms with Crippen molar-refractivity contribution < 1.29 is 17.9 Å². The van der Waals surface area contributed by atoms with E-state index in [9.17, 15) is 13.2 Å². The summed E-state index contributed by atoms with van der Waals surface area (Å²) in [6.07, 6.45) is 0. The van der Waals surface area contributed by atoms with Crippen LogP contribution in [0, 0.1) is 0 Å². The molecule has 1 aliphatic rings. The van der Waals surface area contributed by atoms with Crippen LogP contribution in [0.25, 0.3) is 10.8 Å². The first kappa shape index (κ1) is 20.5. The first-order chi connectivity index (χ1) is 14.5. The Bertz CT molecular complexity index is 1140. The third kappa shape index (κ3) is 4.87. The Morgan fingerprint density at radius 3 is 2.30 bits per heavy atom. The number of rotatable bonds is 6. The number of amides is 1. The summed E-state index contributed by atoms with van der Waals surface area (Å²) >= 11 is 0. The van der Waals surface area contributed by atoms with E-state index < -0.39 is 10.0 Å². The van der Waals surface area contributed by atoms with Crippen molar-refractivity contribution in [1.29, 1.82) is 0 Å². The van der Waals surface area contributed by atoms with Crippen LogP contribution in [0.2, 0.25) is 0 Å². The van der Waals surface area contributed by atoms with E-state index in [1.165, 1.54) is 4.31 Å². The van der Waals surface area contributed by atoms with Crippen molar-refractivity contribution in [2.75, 3.05) is 26.3 Å². The molecule has 0 bridgehead atoms. The quantitative estimate of drug-likeness (QED) is 0.660. The molecule has 0 saturated carbocycles. The number of hydrogen-bond acceptors (Lipinski definition) is 4. The van der Waals surface area contributed by atoms with Crippen molar-refractivity contribution in [3.8, 4) is 0 Å². The molecule has 6 nitrogen and oxygen atoms in total. The predicted molar refractivity (Wildman–Crippen MR) is 117 cm³/mol. The maximum Gasteiger partial charge on any atom is 0.251 e. The van der Waals surface area contributed by atoms with E-state index >= 15 is 0 Å². The van der Waals surface area contributed by atoms with E-state index in [0.717, 1.165) is 16.3 Å². The van der Waals surface area contributed by atoms with E-state index in [4.69, 9.17) is 4.74 Å². The maximum atomic E-state index is 12.5. The number of hydrogen-bond donors (Lipinski definition) is 1. The van der Waals surface area contributed by atoms with Gasteiger partial charge >= 0.3 is 0 Å². The molecule has 4 rings (SSSR count). The number of ether oxygens (including phenoxy) is 1.